The molecule has 0 spiro atoms. The van der Waals surface area contributed by atoms with Gasteiger partial charge in [0, 0.05) is 37.5 Å². The number of rotatable bonds is 8. The van der Waals surface area contributed by atoms with Crippen molar-refractivity contribution in [2.75, 3.05) is 44.0 Å². The molecule has 0 atom stereocenters. The van der Waals surface area contributed by atoms with E-state index in [2.05, 4.69) is 10.6 Å². The minimum Gasteiger partial charge on any atom is -0.447 e. The van der Waals surface area contributed by atoms with Crippen LogP contribution < -0.4 is 10.6 Å². The van der Waals surface area contributed by atoms with Crippen molar-refractivity contribution in [2.24, 2.45) is 5.92 Å². The van der Waals surface area contributed by atoms with Gasteiger partial charge in [0.15, 0.2) is 0 Å². The summed E-state index contributed by atoms with van der Waals surface area (Å²) in [6.45, 7) is 0.847. The Labute approximate surface area is 198 Å². The van der Waals surface area contributed by atoms with Gasteiger partial charge in [0.25, 0.3) is 0 Å². The molecule has 2 aromatic carbocycles. The molecule has 1 saturated heterocycles. The molecular formula is C23H26N4O6S. The van der Waals surface area contributed by atoms with Gasteiger partial charge in [0.05, 0.1) is 23.1 Å². The average Bonchev–Trinajstić information content (AvgIpc) is 2.84. The maximum atomic E-state index is 12.9. The second-order valence-corrected chi connectivity index (χ2v) is 9.58. The summed E-state index contributed by atoms with van der Waals surface area (Å²) in [6, 6.07) is 14.4. The molecule has 0 saturated carbocycles. The van der Waals surface area contributed by atoms with Crippen LogP contribution in [0, 0.1) is 17.2 Å². The van der Waals surface area contributed by atoms with Crippen molar-refractivity contribution in [1.29, 1.82) is 5.26 Å². The van der Waals surface area contributed by atoms with Gasteiger partial charge >= 0.3 is 6.09 Å². The van der Waals surface area contributed by atoms with E-state index in [1.165, 1.54) is 35.7 Å². The molecule has 0 aliphatic carbocycles. The van der Waals surface area contributed by atoms with Crippen LogP contribution in [0.5, 0.6) is 0 Å². The largest absolute Gasteiger partial charge is 0.447 e. The van der Waals surface area contributed by atoms with Crippen molar-refractivity contribution in [3.05, 3.63) is 54.1 Å². The number of nitriles is 1. The second-order valence-electron chi connectivity index (χ2n) is 7.64. The maximum absolute atomic E-state index is 12.9. The summed E-state index contributed by atoms with van der Waals surface area (Å²) in [5.41, 5.74) is 1.35. The topological polar surface area (TPSA) is 138 Å². The highest BCUT2D eigenvalue weighted by Crippen LogP contribution is 2.25. The summed E-state index contributed by atoms with van der Waals surface area (Å²) in [4.78, 5) is 24.6. The number of anilines is 2. The third-order valence-electron chi connectivity index (χ3n) is 5.34. The molecule has 1 aliphatic rings. The van der Waals surface area contributed by atoms with Crippen LogP contribution in [0.15, 0.2) is 53.4 Å². The molecule has 1 heterocycles. The first kappa shape index (κ1) is 25.2. The van der Waals surface area contributed by atoms with Gasteiger partial charge in [0.2, 0.25) is 15.9 Å². The van der Waals surface area contributed by atoms with Crippen molar-refractivity contribution < 1.29 is 27.5 Å². The smallest absolute Gasteiger partial charge is 0.411 e. The molecule has 0 unspecified atom stereocenters. The molecule has 2 aromatic rings. The van der Waals surface area contributed by atoms with E-state index < -0.39 is 16.1 Å². The third kappa shape index (κ3) is 6.54. The Kier molecular flexibility index (Phi) is 8.59. The number of amides is 2. The standard InChI is InChI=1S/C23H26N4O6S/c1-32-13-14-33-23(29)26-20-4-2-3-19(15-20)25-22(28)18-9-11-27(12-10-18)34(30,31)21-7-5-17(16-24)6-8-21/h2-8,15,18H,9-14H2,1H3,(H,25,28)(H,26,29). The lowest BCUT2D eigenvalue weighted by molar-refractivity contribution is -0.120. The molecule has 34 heavy (non-hydrogen) atoms. The fourth-order valence-corrected chi connectivity index (χ4v) is 4.97. The van der Waals surface area contributed by atoms with E-state index in [-0.39, 0.29) is 43.0 Å². The van der Waals surface area contributed by atoms with Crippen molar-refractivity contribution in [3.8, 4) is 6.07 Å². The fourth-order valence-electron chi connectivity index (χ4n) is 3.50. The van der Waals surface area contributed by atoms with E-state index in [1.807, 2.05) is 6.07 Å². The number of methoxy groups -OCH3 is 1. The molecule has 2 amide bonds. The minimum absolute atomic E-state index is 0.123. The van der Waals surface area contributed by atoms with Crippen molar-refractivity contribution >= 4 is 33.4 Å². The molecule has 10 nitrogen and oxygen atoms in total. The van der Waals surface area contributed by atoms with Crippen LogP contribution in [-0.2, 0) is 24.3 Å². The Morgan fingerprint density at radius 1 is 1.06 bits per heavy atom. The van der Waals surface area contributed by atoms with Crippen LogP contribution in [0.4, 0.5) is 16.2 Å². The van der Waals surface area contributed by atoms with Crippen molar-refractivity contribution in [2.45, 2.75) is 17.7 Å². The summed E-state index contributed by atoms with van der Waals surface area (Å²) in [5, 5.41) is 14.3. The maximum Gasteiger partial charge on any atom is 0.411 e. The summed E-state index contributed by atoms with van der Waals surface area (Å²) in [6.07, 6.45) is 0.132. The number of carbonyl (C=O) groups is 2. The van der Waals surface area contributed by atoms with E-state index in [1.54, 1.807) is 24.3 Å². The van der Waals surface area contributed by atoms with E-state index in [0.29, 0.717) is 29.8 Å². The van der Waals surface area contributed by atoms with Crippen LogP contribution in [0.2, 0.25) is 0 Å². The van der Waals surface area contributed by atoms with Gasteiger partial charge < -0.3 is 14.8 Å². The Bertz CT molecular complexity index is 1150. The lowest BCUT2D eigenvalue weighted by atomic mass is 9.97. The minimum atomic E-state index is -3.69. The number of sulfonamides is 1. The molecule has 0 radical (unpaired) electrons. The van der Waals surface area contributed by atoms with Crippen LogP contribution in [0.1, 0.15) is 18.4 Å². The van der Waals surface area contributed by atoms with Crippen molar-refractivity contribution in [3.63, 3.8) is 0 Å². The summed E-state index contributed by atoms with van der Waals surface area (Å²) in [7, 11) is -2.18. The second kappa shape index (κ2) is 11.6. The quantitative estimate of drug-likeness (QED) is 0.547. The highest BCUT2D eigenvalue weighted by Gasteiger charge is 2.32. The zero-order chi connectivity index (χ0) is 24.6. The third-order valence-corrected chi connectivity index (χ3v) is 7.26. The summed E-state index contributed by atoms with van der Waals surface area (Å²) >= 11 is 0. The Hall–Kier alpha value is -3.46. The van der Waals surface area contributed by atoms with E-state index in [9.17, 15) is 18.0 Å². The summed E-state index contributed by atoms with van der Waals surface area (Å²) < 4.78 is 36.8. The van der Waals surface area contributed by atoms with E-state index in [4.69, 9.17) is 14.7 Å². The molecule has 1 fully saturated rings. The molecule has 0 aromatic heterocycles. The zero-order valence-corrected chi connectivity index (χ0v) is 19.5. The van der Waals surface area contributed by atoms with Gasteiger partial charge in [-0.1, -0.05) is 6.07 Å². The first-order valence-electron chi connectivity index (χ1n) is 10.7. The lowest BCUT2D eigenvalue weighted by Gasteiger charge is -2.30. The fraction of sp³-hybridized carbons (Fsp3) is 0.348. The van der Waals surface area contributed by atoms with Gasteiger partial charge in [-0.2, -0.15) is 9.57 Å². The van der Waals surface area contributed by atoms with Crippen LogP contribution in [0.25, 0.3) is 0 Å². The van der Waals surface area contributed by atoms with Crippen LogP contribution in [-0.4, -0.2) is 58.1 Å². The SMILES string of the molecule is COCCOC(=O)Nc1cccc(NC(=O)C2CCN(S(=O)(=O)c3ccc(C#N)cc3)CC2)c1. The first-order chi connectivity index (χ1) is 16.3. The molecule has 3 rings (SSSR count). The highest BCUT2D eigenvalue weighted by atomic mass is 32.2. The van der Waals surface area contributed by atoms with Crippen LogP contribution >= 0.6 is 0 Å². The van der Waals surface area contributed by atoms with Crippen LogP contribution in [0.3, 0.4) is 0 Å². The number of hydrogen-bond donors (Lipinski definition) is 2. The molecule has 2 N–H and O–H groups in total. The number of benzene rings is 2. The number of nitrogens with one attached hydrogen (secondary N) is 2. The Balaban J connectivity index is 1.53. The van der Waals surface area contributed by atoms with Gasteiger partial charge in [-0.25, -0.2) is 13.2 Å². The summed E-state index contributed by atoms with van der Waals surface area (Å²) in [5.74, 6) is -0.557. The van der Waals surface area contributed by atoms with E-state index in [0.717, 1.165) is 0 Å². The number of hydrogen-bond acceptors (Lipinski definition) is 7. The molecule has 180 valence electrons. The predicted molar refractivity (Wildman–Crippen MR) is 125 cm³/mol. The monoisotopic (exact) mass is 486 g/mol. The predicted octanol–water partition coefficient (Wildman–Crippen LogP) is 2.79. The number of ether oxygens (including phenoxy) is 2. The molecule has 1 aliphatic heterocycles. The lowest BCUT2D eigenvalue weighted by Crippen LogP contribution is -2.41. The van der Waals surface area contributed by atoms with Gasteiger partial charge in [-0.05, 0) is 55.3 Å². The van der Waals surface area contributed by atoms with Gasteiger partial charge in [0.1, 0.15) is 6.61 Å². The van der Waals surface area contributed by atoms with Gasteiger partial charge in [-0.15, -0.1) is 0 Å². The number of carbonyl (C=O) groups excluding carboxylic acids is 2. The number of nitrogens with zero attached hydrogens (tertiary/aromatic N) is 2. The molecular weight excluding hydrogens is 460 g/mol. The Morgan fingerprint density at radius 3 is 2.32 bits per heavy atom. The van der Waals surface area contributed by atoms with Gasteiger partial charge in [-0.3, -0.25) is 10.1 Å². The highest BCUT2D eigenvalue weighted by molar-refractivity contribution is 7.89. The van der Waals surface area contributed by atoms with Crippen molar-refractivity contribution in [1.82, 2.24) is 4.31 Å². The average molecular weight is 487 g/mol. The zero-order valence-electron chi connectivity index (χ0n) is 18.7. The Morgan fingerprint density at radius 2 is 1.71 bits per heavy atom. The molecule has 0 bridgehead atoms. The molecule has 11 heteroatoms. The number of piperidine rings is 1. The normalized spacial score (nSPS) is 14.7. The first-order valence-corrected chi connectivity index (χ1v) is 12.1. The van der Waals surface area contributed by atoms with E-state index >= 15 is 0 Å².